The molecular weight excluding hydrogens is 256 g/mol. The number of benzene rings is 2. The number of aryl methyl sites for hydroxylation is 1. The second kappa shape index (κ2) is 7.34. The first-order valence-electron chi connectivity index (χ1n) is 6.08. The first-order valence-corrected chi connectivity index (χ1v) is 7.47. The van der Waals surface area contributed by atoms with Gasteiger partial charge in [-0.3, -0.25) is 0 Å². The van der Waals surface area contributed by atoms with Crippen LogP contribution in [0.5, 0.6) is 0 Å². The molecule has 0 aliphatic heterocycles. The first kappa shape index (κ1) is 13.3. The molecule has 0 aromatic heterocycles. The van der Waals surface area contributed by atoms with Gasteiger partial charge in [-0.1, -0.05) is 72.9 Å². The molecule has 0 saturated carbocycles. The summed E-state index contributed by atoms with van der Waals surface area (Å²) in [6.45, 7) is 0. The van der Waals surface area contributed by atoms with Gasteiger partial charge in [0.1, 0.15) is 0 Å². The van der Waals surface area contributed by atoms with Gasteiger partial charge >= 0.3 is 0 Å². The van der Waals surface area contributed by atoms with Gasteiger partial charge in [-0.25, -0.2) is 0 Å². The van der Waals surface area contributed by atoms with Crippen LogP contribution in [-0.4, -0.2) is 9.95 Å². The van der Waals surface area contributed by atoms with E-state index in [9.17, 15) is 0 Å². The molecule has 0 aliphatic rings. The summed E-state index contributed by atoms with van der Waals surface area (Å²) in [6.07, 6.45) is 1.98. The van der Waals surface area contributed by atoms with Crippen LogP contribution in [-0.2, 0) is 12.8 Å². The van der Waals surface area contributed by atoms with Gasteiger partial charge in [0, 0.05) is 12.2 Å². The van der Waals surface area contributed by atoms with Gasteiger partial charge in [0.05, 0.1) is 4.20 Å². The second-order valence-electron chi connectivity index (χ2n) is 4.12. The molecule has 0 N–H and O–H groups in total. The van der Waals surface area contributed by atoms with E-state index in [2.05, 4.69) is 54.6 Å². The molecule has 0 nitrogen and oxygen atoms in total. The lowest BCUT2D eigenvalue weighted by Crippen LogP contribution is -1.97. The first-order chi connectivity index (χ1) is 8.84. The standard InChI is InChI=1S/C16H16S2/c17-16(13-15-9-5-2-6-10-15)18-12-11-14-7-3-1-4-8-14/h1-10H,11-13H2. The van der Waals surface area contributed by atoms with Gasteiger partial charge in [-0.05, 0) is 17.5 Å². The minimum atomic E-state index is 0.898. The van der Waals surface area contributed by atoms with Gasteiger partial charge in [0.25, 0.3) is 0 Å². The molecule has 0 saturated heterocycles. The Morgan fingerprint density at radius 2 is 1.39 bits per heavy atom. The van der Waals surface area contributed by atoms with E-state index in [1.165, 1.54) is 11.1 Å². The lowest BCUT2D eigenvalue weighted by atomic mass is 10.2. The third-order valence-corrected chi connectivity index (χ3v) is 4.06. The van der Waals surface area contributed by atoms with Gasteiger partial charge in [0.15, 0.2) is 0 Å². The van der Waals surface area contributed by atoms with Crippen molar-refractivity contribution in [1.29, 1.82) is 0 Å². The van der Waals surface area contributed by atoms with Crippen LogP contribution in [0.1, 0.15) is 11.1 Å². The summed E-state index contributed by atoms with van der Waals surface area (Å²) in [7, 11) is 0. The number of hydrogen-bond donors (Lipinski definition) is 0. The van der Waals surface area contributed by atoms with E-state index in [1.807, 2.05) is 6.07 Å². The largest absolute Gasteiger partial charge is 0.118 e. The molecule has 0 fully saturated rings. The topological polar surface area (TPSA) is 0 Å². The van der Waals surface area contributed by atoms with Crippen LogP contribution in [0, 0.1) is 0 Å². The summed E-state index contributed by atoms with van der Waals surface area (Å²) in [6, 6.07) is 21.0. The smallest absolute Gasteiger partial charge is 0.0522 e. The van der Waals surface area contributed by atoms with Crippen molar-refractivity contribution in [3.8, 4) is 0 Å². The van der Waals surface area contributed by atoms with Crippen LogP contribution in [0.4, 0.5) is 0 Å². The highest BCUT2D eigenvalue weighted by molar-refractivity contribution is 8.23. The average molecular weight is 272 g/mol. The zero-order chi connectivity index (χ0) is 12.6. The van der Waals surface area contributed by atoms with Crippen molar-refractivity contribution < 1.29 is 0 Å². The maximum absolute atomic E-state index is 5.41. The summed E-state index contributed by atoms with van der Waals surface area (Å²) in [5, 5.41) is 0. The van der Waals surface area contributed by atoms with Crippen molar-refractivity contribution in [1.82, 2.24) is 0 Å². The van der Waals surface area contributed by atoms with Crippen LogP contribution in [0.25, 0.3) is 0 Å². The molecule has 2 rings (SSSR count). The maximum Gasteiger partial charge on any atom is 0.0522 e. The normalized spacial score (nSPS) is 10.2. The van der Waals surface area contributed by atoms with E-state index in [1.54, 1.807) is 11.8 Å². The van der Waals surface area contributed by atoms with E-state index < -0.39 is 0 Å². The highest BCUT2D eigenvalue weighted by atomic mass is 32.2. The van der Waals surface area contributed by atoms with Crippen LogP contribution in [0.15, 0.2) is 60.7 Å². The fourth-order valence-electron chi connectivity index (χ4n) is 1.74. The molecule has 92 valence electrons. The maximum atomic E-state index is 5.41. The lowest BCUT2D eigenvalue weighted by molar-refractivity contribution is 1.16. The van der Waals surface area contributed by atoms with Crippen LogP contribution >= 0.6 is 24.0 Å². The molecule has 2 aromatic rings. The van der Waals surface area contributed by atoms with E-state index in [4.69, 9.17) is 12.2 Å². The van der Waals surface area contributed by atoms with Crippen molar-refractivity contribution in [3.05, 3.63) is 71.8 Å². The lowest BCUT2D eigenvalue weighted by Gasteiger charge is -2.04. The molecule has 0 unspecified atom stereocenters. The Morgan fingerprint density at radius 1 is 0.833 bits per heavy atom. The summed E-state index contributed by atoms with van der Waals surface area (Å²) in [5.74, 6) is 1.07. The molecule has 0 aliphatic carbocycles. The number of hydrogen-bond acceptors (Lipinski definition) is 2. The summed E-state index contributed by atoms with van der Waals surface area (Å²) in [4.78, 5) is 0. The molecule has 18 heavy (non-hydrogen) atoms. The monoisotopic (exact) mass is 272 g/mol. The Labute approximate surface area is 118 Å². The van der Waals surface area contributed by atoms with Crippen molar-refractivity contribution in [3.63, 3.8) is 0 Å². The van der Waals surface area contributed by atoms with E-state index in [-0.39, 0.29) is 0 Å². The van der Waals surface area contributed by atoms with E-state index in [0.717, 1.165) is 22.8 Å². The Kier molecular flexibility index (Phi) is 5.43. The van der Waals surface area contributed by atoms with E-state index >= 15 is 0 Å². The molecule has 0 heterocycles. The Bertz CT molecular complexity index is 477. The van der Waals surface area contributed by atoms with Crippen molar-refractivity contribution in [2.24, 2.45) is 0 Å². The SMILES string of the molecule is S=C(Cc1ccccc1)SCCc1ccccc1. The summed E-state index contributed by atoms with van der Waals surface area (Å²) in [5.41, 5.74) is 2.68. The molecule has 2 heteroatoms. The second-order valence-corrected chi connectivity index (χ2v) is 6.06. The quantitative estimate of drug-likeness (QED) is 0.733. The molecule has 0 atom stereocenters. The number of thioether (sulfide) groups is 1. The molecule has 2 aromatic carbocycles. The fourth-order valence-corrected chi connectivity index (χ4v) is 2.99. The third-order valence-electron chi connectivity index (χ3n) is 2.69. The van der Waals surface area contributed by atoms with Crippen molar-refractivity contribution in [2.45, 2.75) is 12.8 Å². The van der Waals surface area contributed by atoms with Gasteiger partial charge in [-0.2, -0.15) is 0 Å². The highest BCUT2D eigenvalue weighted by Gasteiger charge is 2.00. The van der Waals surface area contributed by atoms with Gasteiger partial charge in [-0.15, -0.1) is 11.8 Å². The molecule has 0 amide bonds. The molecular formula is C16H16S2. The highest BCUT2D eigenvalue weighted by Crippen LogP contribution is 2.13. The molecule has 0 spiro atoms. The average Bonchev–Trinajstić information content (AvgIpc) is 2.41. The minimum absolute atomic E-state index is 0.898. The van der Waals surface area contributed by atoms with Gasteiger partial charge in [0.2, 0.25) is 0 Å². The Morgan fingerprint density at radius 3 is 2.00 bits per heavy atom. The Balaban J connectivity index is 1.73. The Hall–Kier alpha value is -1.12. The zero-order valence-corrected chi connectivity index (χ0v) is 11.8. The van der Waals surface area contributed by atoms with Crippen LogP contribution in [0.2, 0.25) is 0 Å². The summed E-state index contributed by atoms with van der Waals surface area (Å²) < 4.78 is 1.08. The van der Waals surface area contributed by atoms with Crippen molar-refractivity contribution >= 4 is 28.2 Å². The predicted molar refractivity (Wildman–Crippen MR) is 85.3 cm³/mol. The van der Waals surface area contributed by atoms with Crippen molar-refractivity contribution in [2.75, 3.05) is 5.75 Å². The predicted octanol–water partition coefficient (Wildman–Crippen LogP) is 4.53. The number of rotatable bonds is 5. The van der Waals surface area contributed by atoms with E-state index in [0.29, 0.717) is 0 Å². The fraction of sp³-hybridized carbons (Fsp3) is 0.188. The molecule has 0 radical (unpaired) electrons. The van der Waals surface area contributed by atoms with Crippen LogP contribution in [0.3, 0.4) is 0 Å². The van der Waals surface area contributed by atoms with Gasteiger partial charge < -0.3 is 0 Å². The van der Waals surface area contributed by atoms with Crippen LogP contribution < -0.4 is 0 Å². The number of thiocarbonyl (C=S) groups is 1. The third kappa shape index (κ3) is 4.63. The minimum Gasteiger partial charge on any atom is -0.118 e. The molecule has 0 bridgehead atoms. The summed E-state index contributed by atoms with van der Waals surface area (Å²) >= 11 is 7.21. The zero-order valence-electron chi connectivity index (χ0n) is 10.2.